The third-order valence-corrected chi connectivity index (χ3v) is 5.24. The van der Waals surface area contributed by atoms with Crippen LogP contribution in [0.25, 0.3) is 0 Å². The Bertz CT molecular complexity index is 923. The number of hydrogen-bond acceptors (Lipinski definition) is 6. The molecule has 2 aromatic rings. The van der Waals surface area contributed by atoms with Gasteiger partial charge in [0, 0.05) is 32.3 Å². The van der Waals surface area contributed by atoms with Crippen LogP contribution >= 0.6 is 0 Å². The molecule has 2 aliphatic rings. The summed E-state index contributed by atoms with van der Waals surface area (Å²) in [6.45, 7) is 2.74. The molecule has 27 heavy (non-hydrogen) atoms. The molecular weight excluding hydrogens is 352 g/mol. The van der Waals surface area contributed by atoms with E-state index in [0.717, 1.165) is 43.8 Å². The number of nitrogens with one attached hydrogen (secondary N) is 2. The zero-order chi connectivity index (χ0) is 19.4. The van der Waals surface area contributed by atoms with Crippen molar-refractivity contribution in [2.75, 3.05) is 17.7 Å². The number of halogens is 2. The quantitative estimate of drug-likeness (QED) is 0.797. The first-order valence-electron chi connectivity index (χ1n) is 8.95. The molecule has 2 atom stereocenters. The molecule has 2 saturated carbocycles. The number of nitrogens with zero attached hydrogens (tertiary/aromatic N) is 5. The Morgan fingerprint density at radius 1 is 1.41 bits per heavy atom. The van der Waals surface area contributed by atoms with E-state index >= 15 is 0 Å². The number of alkyl halides is 2. The molecule has 2 aliphatic carbocycles. The summed E-state index contributed by atoms with van der Waals surface area (Å²) in [6.07, 6.45) is 5.90. The molecule has 0 spiro atoms. The van der Waals surface area contributed by atoms with Crippen LogP contribution in [0.3, 0.4) is 0 Å². The second-order valence-electron chi connectivity index (χ2n) is 7.65. The Morgan fingerprint density at radius 2 is 2.15 bits per heavy atom. The van der Waals surface area contributed by atoms with Crippen molar-refractivity contribution >= 4 is 17.5 Å². The van der Waals surface area contributed by atoms with Crippen LogP contribution in [0.1, 0.15) is 56.3 Å². The molecule has 2 N–H and O–H groups in total. The van der Waals surface area contributed by atoms with Crippen molar-refractivity contribution in [1.29, 1.82) is 5.26 Å². The van der Waals surface area contributed by atoms with Gasteiger partial charge in [-0.2, -0.15) is 15.3 Å². The van der Waals surface area contributed by atoms with E-state index in [1.807, 2.05) is 17.8 Å². The Morgan fingerprint density at radius 3 is 2.70 bits per heavy atom. The lowest BCUT2D eigenvalue weighted by Gasteiger charge is -2.15. The summed E-state index contributed by atoms with van der Waals surface area (Å²) in [5.74, 6) is -2.34. The van der Waals surface area contributed by atoms with Crippen molar-refractivity contribution in [3.63, 3.8) is 0 Å². The number of rotatable bonds is 6. The summed E-state index contributed by atoms with van der Waals surface area (Å²) in [7, 11) is 1.55. The molecule has 142 valence electrons. The van der Waals surface area contributed by atoms with Crippen LogP contribution in [0.5, 0.6) is 0 Å². The van der Waals surface area contributed by atoms with Crippen LogP contribution in [0.15, 0.2) is 12.4 Å². The van der Waals surface area contributed by atoms with Gasteiger partial charge in [-0.15, -0.1) is 0 Å². The number of aromatic nitrogens is 4. The molecule has 1 unspecified atom stereocenters. The first-order valence-corrected chi connectivity index (χ1v) is 8.95. The van der Waals surface area contributed by atoms with Gasteiger partial charge in [0.1, 0.15) is 5.82 Å². The van der Waals surface area contributed by atoms with E-state index in [1.54, 1.807) is 7.05 Å². The average molecular weight is 373 g/mol. The van der Waals surface area contributed by atoms with Gasteiger partial charge in [-0.25, -0.2) is 13.8 Å². The minimum absolute atomic E-state index is 0.0606. The summed E-state index contributed by atoms with van der Waals surface area (Å²) in [4.78, 5) is 8.24. The molecule has 0 bridgehead atoms. The van der Waals surface area contributed by atoms with Gasteiger partial charge in [0.05, 0.1) is 34.5 Å². The topological polar surface area (TPSA) is 91.5 Å². The maximum atomic E-state index is 13.7. The molecular formula is C18H21F2N7. The number of hydrogen-bond donors (Lipinski definition) is 2. The van der Waals surface area contributed by atoms with E-state index in [0.29, 0.717) is 5.92 Å². The van der Waals surface area contributed by atoms with Crippen LogP contribution in [0, 0.1) is 16.7 Å². The van der Waals surface area contributed by atoms with Crippen LogP contribution in [-0.2, 0) is 5.92 Å². The highest BCUT2D eigenvalue weighted by atomic mass is 19.3. The van der Waals surface area contributed by atoms with Gasteiger partial charge < -0.3 is 10.6 Å². The maximum Gasteiger partial charge on any atom is 0.275 e. The largest absolute Gasteiger partial charge is 0.373 e. The second kappa shape index (κ2) is 5.87. The zero-order valence-corrected chi connectivity index (χ0v) is 15.4. The third-order valence-electron chi connectivity index (χ3n) is 5.24. The minimum Gasteiger partial charge on any atom is -0.373 e. The highest BCUT2D eigenvalue weighted by Gasteiger charge is 2.53. The third kappa shape index (κ3) is 3.20. The zero-order valence-electron chi connectivity index (χ0n) is 15.4. The van der Waals surface area contributed by atoms with E-state index in [-0.39, 0.29) is 28.8 Å². The monoisotopic (exact) mass is 373 g/mol. The Kier molecular flexibility index (Phi) is 3.84. The molecule has 4 rings (SSSR count). The van der Waals surface area contributed by atoms with Crippen molar-refractivity contribution in [3.05, 3.63) is 23.7 Å². The molecule has 2 aromatic heterocycles. The van der Waals surface area contributed by atoms with E-state index in [1.165, 1.54) is 0 Å². The van der Waals surface area contributed by atoms with E-state index in [9.17, 15) is 14.0 Å². The highest BCUT2D eigenvalue weighted by Crippen LogP contribution is 2.56. The van der Waals surface area contributed by atoms with Gasteiger partial charge in [0.15, 0.2) is 0 Å². The molecule has 0 aromatic carbocycles. The molecule has 2 fully saturated rings. The van der Waals surface area contributed by atoms with Crippen molar-refractivity contribution < 1.29 is 8.78 Å². The fourth-order valence-electron chi connectivity index (χ4n) is 3.24. The van der Waals surface area contributed by atoms with Crippen molar-refractivity contribution in [2.45, 2.75) is 51.0 Å². The smallest absolute Gasteiger partial charge is 0.275 e. The summed E-state index contributed by atoms with van der Waals surface area (Å²) >= 11 is 0. The van der Waals surface area contributed by atoms with Gasteiger partial charge in [-0.3, -0.25) is 4.68 Å². The number of anilines is 3. The molecule has 0 radical (unpaired) electrons. The van der Waals surface area contributed by atoms with Crippen LogP contribution in [0.2, 0.25) is 0 Å². The van der Waals surface area contributed by atoms with Gasteiger partial charge >= 0.3 is 0 Å². The SMILES string of the molecule is CNc1nc(Nc2cn(C3C[C@@]3(C)C#N)nc2C2CC2)ncc1C(C)(F)F. The lowest BCUT2D eigenvalue weighted by molar-refractivity contribution is 0.0176. The molecule has 0 aliphatic heterocycles. The molecule has 0 amide bonds. The van der Waals surface area contributed by atoms with Gasteiger partial charge in [-0.05, 0) is 26.2 Å². The summed E-state index contributed by atoms with van der Waals surface area (Å²) < 4.78 is 29.2. The van der Waals surface area contributed by atoms with Gasteiger partial charge in [0.25, 0.3) is 5.92 Å². The lowest BCUT2D eigenvalue weighted by atomic mass is 10.2. The van der Waals surface area contributed by atoms with E-state index in [4.69, 9.17) is 0 Å². The molecule has 9 heteroatoms. The lowest BCUT2D eigenvalue weighted by Crippen LogP contribution is -2.13. The highest BCUT2D eigenvalue weighted by molar-refractivity contribution is 5.59. The first-order chi connectivity index (χ1) is 12.7. The number of nitriles is 1. The van der Waals surface area contributed by atoms with Crippen molar-refractivity contribution in [2.24, 2.45) is 5.41 Å². The summed E-state index contributed by atoms with van der Waals surface area (Å²) in [6, 6.07) is 2.40. The Labute approximate surface area is 155 Å². The second-order valence-corrected chi connectivity index (χ2v) is 7.65. The van der Waals surface area contributed by atoms with Crippen LogP contribution < -0.4 is 10.6 Å². The van der Waals surface area contributed by atoms with Crippen LogP contribution in [-0.4, -0.2) is 26.8 Å². The Balaban J connectivity index is 1.63. The van der Waals surface area contributed by atoms with E-state index < -0.39 is 5.92 Å². The first kappa shape index (κ1) is 17.6. The van der Waals surface area contributed by atoms with Gasteiger partial charge in [-0.1, -0.05) is 0 Å². The average Bonchev–Trinajstić information content (AvgIpc) is 3.54. The van der Waals surface area contributed by atoms with Crippen LogP contribution in [0.4, 0.5) is 26.2 Å². The summed E-state index contributed by atoms with van der Waals surface area (Å²) in [5.41, 5.74) is 1.05. The summed E-state index contributed by atoms with van der Waals surface area (Å²) in [5, 5.41) is 19.8. The normalized spacial score (nSPS) is 24.4. The maximum absolute atomic E-state index is 13.7. The fourth-order valence-corrected chi connectivity index (χ4v) is 3.24. The standard InChI is InChI=1S/C18H21F2N7/c1-17(9-21)6-13(17)27-8-12(14(26-27)10-4-5-10)24-16-23-7-11(18(2,19)20)15(22-3)25-16/h7-8,10,13H,4-6H2,1-3H3,(H2,22,23,24,25)/t13?,17-/m0/s1. The van der Waals surface area contributed by atoms with Gasteiger partial charge in [0.2, 0.25) is 5.95 Å². The minimum atomic E-state index is -3.03. The Hall–Kier alpha value is -2.76. The predicted octanol–water partition coefficient (Wildman–Crippen LogP) is 3.92. The van der Waals surface area contributed by atoms with E-state index in [2.05, 4.69) is 31.8 Å². The predicted molar refractivity (Wildman–Crippen MR) is 96.0 cm³/mol. The van der Waals surface area contributed by atoms with Crippen molar-refractivity contribution in [1.82, 2.24) is 19.7 Å². The molecule has 0 saturated heterocycles. The van der Waals surface area contributed by atoms with Crippen molar-refractivity contribution in [3.8, 4) is 6.07 Å². The molecule has 2 heterocycles. The fraction of sp³-hybridized carbons (Fsp3) is 0.556. The molecule has 7 nitrogen and oxygen atoms in total.